The number of morpholine rings is 1. The molecular formula is C23H23N3O4. The molecule has 2 atom stereocenters. The Hall–Kier alpha value is -3.03. The lowest BCUT2D eigenvalue weighted by molar-refractivity contribution is -0.137. The molecule has 4 heterocycles. The van der Waals surface area contributed by atoms with Gasteiger partial charge in [-0.15, -0.1) is 0 Å². The van der Waals surface area contributed by atoms with E-state index in [4.69, 9.17) is 14.2 Å². The normalized spacial score (nSPS) is 22.9. The number of amides is 1. The number of para-hydroxylation sites is 1. The summed E-state index contributed by atoms with van der Waals surface area (Å²) in [6.45, 7) is 2.73. The fraction of sp³-hybridized carbons (Fsp3) is 0.348. The summed E-state index contributed by atoms with van der Waals surface area (Å²) in [7, 11) is 0. The van der Waals surface area contributed by atoms with Gasteiger partial charge in [0.05, 0.1) is 25.3 Å². The molecule has 30 heavy (non-hydrogen) atoms. The van der Waals surface area contributed by atoms with Crippen molar-refractivity contribution < 1.29 is 19.0 Å². The van der Waals surface area contributed by atoms with Gasteiger partial charge in [-0.1, -0.05) is 24.3 Å². The molecule has 3 aliphatic heterocycles. The van der Waals surface area contributed by atoms with E-state index in [-0.39, 0.29) is 24.8 Å². The number of rotatable bonds is 2. The lowest BCUT2D eigenvalue weighted by Gasteiger charge is -2.35. The monoisotopic (exact) mass is 405 g/mol. The van der Waals surface area contributed by atoms with Crippen LogP contribution in [0.15, 0.2) is 42.5 Å². The first-order valence-electron chi connectivity index (χ1n) is 10.4. The van der Waals surface area contributed by atoms with Gasteiger partial charge in [-0.25, -0.2) is 0 Å². The van der Waals surface area contributed by atoms with Crippen LogP contribution in [-0.4, -0.2) is 54.9 Å². The third kappa shape index (κ3) is 2.85. The number of nitrogens with zero attached hydrogens (tertiary/aromatic N) is 1. The predicted octanol–water partition coefficient (Wildman–Crippen LogP) is 2.36. The van der Waals surface area contributed by atoms with Crippen molar-refractivity contribution in [2.75, 3.05) is 33.1 Å². The third-order valence-corrected chi connectivity index (χ3v) is 6.26. The minimum absolute atomic E-state index is 0.134. The second-order valence-corrected chi connectivity index (χ2v) is 7.97. The van der Waals surface area contributed by atoms with Gasteiger partial charge in [-0.05, 0) is 35.7 Å². The third-order valence-electron chi connectivity index (χ3n) is 6.26. The van der Waals surface area contributed by atoms with Crippen molar-refractivity contribution in [2.24, 2.45) is 0 Å². The van der Waals surface area contributed by atoms with Gasteiger partial charge in [-0.2, -0.15) is 0 Å². The topological polar surface area (TPSA) is 75.8 Å². The molecule has 1 unspecified atom stereocenters. The van der Waals surface area contributed by atoms with Crippen LogP contribution in [0.25, 0.3) is 10.9 Å². The fourth-order valence-corrected chi connectivity index (χ4v) is 4.75. The number of carbonyl (C=O) groups is 1. The van der Waals surface area contributed by atoms with Crippen molar-refractivity contribution in [3.05, 3.63) is 59.3 Å². The quantitative estimate of drug-likeness (QED) is 0.685. The van der Waals surface area contributed by atoms with Crippen molar-refractivity contribution in [3.8, 4) is 11.5 Å². The summed E-state index contributed by atoms with van der Waals surface area (Å²) in [5.74, 6) is 1.64. The van der Waals surface area contributed by atoms with Gasteiger partial charge in [-0.3, -0.25) is 10.1 Å². The predicted molar refractivity (Wildman–Crippen MR) is 111 cm³/mol. The molecule has 0 aliphatic carbocycles. The SMILES string of the molecule is O=C(C1Cc2c([nH]c3ccccc23)[C@@H](c2ccc3c(c2)OCO3)N1)N1CCOCC1. The van der Waals surface area contributed by atoms with E-state index in [1.807, 2.05) is 35.2 Å². The highest BCUT2D eigenvalue weighted by molar-refractivity contribution is 5.88. The Bertz CT molecular complexity index is 1120. The highest BCUT2D eigenvalue weighted by Gasteiger charge is 2.36. The number of benzene rings is 2. The number of aromatic amines is 1. The van der Waals surface area contributed by atoms with Crippen LogP contribution in [0.3, 0.4) is 0 Å². The Labute approximate surface area is 173 Å². The largest absolute Gasteiger partial charge is 0.454 e. The van der Waals surface area contributed by atoms with E-state index in [0.29, 0.717) is 32.7 Å². The summed E-state index contributed by atoms with van der Waals surface area (Å²) in [6, 6.07) is 13.9. The molecule has 1 aromatic heterocycles. The number of nitrogens with one attached hydrogen (secondary N) is 2. The lowest BCUT2D eigenvalue weighted by atomic mass is 9.89. The summed E-state index contributed by atoms with van der Waals surface area (Å²) in [6.07, 6.45) is 0.663. The van der Waals surface area contributed by atoms with Crippen LogP contribution >= 0.6 is 0 Å². The average molecular weight is 405 g/mol. The van der Waals surface area contributed by atoms with E-state index in [0.717, 1.165) is 28.3 Å². The molecule has 1 amide bonds. The van der Waals surface area contributed by atoms with Crippen LogP contribution in [0.4, 0.5) is 0 Å². The van der Waals surface area contributed by atoms with Crippen LogP contribution in [0, 0.1) is 0 Å². The second-order valence-electron chi connectivity index (χ2n) is 7.97. The molecule has 1 fully saturated rings. The minimum Gasteiger partial charge on any atom is -0.454 e. The van der Waals surface area contributed by atoms with Gasteiger partial charge < -0.3 is 24.1 Å². The molecule has 154 valence electrons. The first-order valence-corrected chi connectivity index (χ1v) is 10.4. The second kappa shape index (κ2) is 7.04. The molecule has 2 aromatic carbocycles. The zero-order valence-corrected chi connectivity index (χ0v) is 16.5. The Kier molecular flexibility index (Phi) is 4.17. The minimum atomic E-state index is -0.287. The van der Waals surface area contributed by atoms with Crippen molar-refractivity contribution in [3.63, 3.8) is 0 Å². The number of aromatic nitrogens is 1. The molecule has 6 rings (SSSR count). The molecule has 7 nitrogen and oxygen atoms in total. The first kappa shape index (κ1) is 17.8. The summed E-state index contributed by atoms with van der Waals surface area (Å²) in [5, 5.41) is 4.80. The van der Waals surface area contributed by atoms with E-state index in [9.17, 15) is 4.79 Å². The van der Waals surface area contributed by atoms with Gasteiger partial charge in [0.25, 0.3) is 0 Å². The molecule has 0 saturated carbocycles. The molecule has 0 radical (unpaired) electrons. The highest BCUT2D eigenvalue weighted by atomic mass is 16.7. The average Bonchev–Trinajstić information content (AvgIpc) is 3.42. The van der Waals surface area contributed by atoms with E-state index in [2.05, 4.69) is 22.4 Å². The van der Waals surface area contributed by atoms with Crippen molar-refractivity contribution in [2.45, 2.75) is 18.5 Å². The zero-order valence-electron chi connectivity index (χ0n) is 16.5. The standard InChI is InChI=1S/C23H23N3O4/c27-23(26-7-9-28-10-8-26)18-12-16-15-3-1-2-4-17(15)24-22(16)21(25-18)14-5-6-19-20(11-14)30-13-29-19/h1-6,11,18,21,24-25H,7-10,12-13H2/t18?,21-/m1/s1. The maximum absolute atomic E-state index is 13.3. The smallest absolute Gasteiger partial charge is 0.240 e. The molecule has 0 bridgehead atoms. The first-order chi connectivity index (χ1) is 14.8. The molecular weight excluding hydrogens is 382 g/mol. The number of ether oxygens (including phenoxy) is 3. The van der Waals surface area contributed by atoms with E-state index < -0.39 is 0 Å². The molecule has 1 saturated heterocycles. The Morgan fingerprint density at radius 3 is 2.77 bits per heavy atom. The summed E-state index contributed by atoms with van der Waals surface area (Å²) in [4.78, 5) is 18.8. The molecule has 7 heteroatoms. The molecule has 2 N–H and O–H groups in total. The Balaban J connectivity index is 1.42. The highest BCUT2D eigenvalue weighted by Crippen LogP contribution is 2.39. The number of hydrogen-bond acceptors (Lipinski definition) is 5. The van der Waals surface area contributed by atoms with Crippen molar-refractivity contribution in [1.82, 2.24) is 15.2 Å². The van der Waals surface area contributed by atoms with E-state index in [1.165, 1.54) is 10.9 Å². The fourth-order valence-electron chi connectivity index (χ4n) is 4.75. The molecule has 0 spiro atoms. The summed E-state index contributed by atoms with van der Waals surface area (Å²) >= 11 is 0. The molecule has 3 aliphatic rings. The number of fused-ring (bicyclic) bond motifs is 4. The van der Waals surface area contributed by atoms with Crippen LogP contribution in [-0.2, 0) is 16.0 Å². The number of hydrogen-bond donors (Lipinski definition) is 2. The van der Waals surface area contributed by atoms with Crippen LogP contribution in [0.1, 0.15) is 22.9 Å². The van der Waals surface area contributed by atoms with Crippen LogP contribution in [0.5, 0.6) is 11.5 Å². The van der Waals surface area contributed by atoms with Crippen LogP contribution in [0.2, 0.25) is 0 Å². The summed E-state index contributed by atoms with van der Waals surface area (Å²) in [5.41, 5.74) is 4.46. The lowest BCUT2D eigenvalue weighted by Crippen LogP contribution is -2.53. The zero-order chi connectivity index (χ0) is 20.1. The van der Waals surface area contributed by atoms with Gasteiger partial charge in [0.15, 0.2) is 11.5 Å². The summed E-state index contributed by atoms with van der Waals surface area (Å²) < 4.78 is 16.5. The van der Waals surface area contributed by atoms with Gasteiger partial charge >= 0.3 is 0 Å². The molecule has 3 aromatic rings. The number of H-pyrrole nitrogens is 1. The van der Waals surface area contributed by atoms with Gasteiger partial charge in [0.2, 0.25) is 12.7 Å². The number of carbonyl (C=O) groups excluding carboxylic acids is 1. The van der Waals surface area contributed by atoms with Gasteiger partial charge in [0.1, 0.15) is 0 Å². The Morgan fingerprint density at radius 1 is 1.03 bits per heavy atom. The Morgan fingerprint density at radius 2 is 1.87 bits per heavy atom. The van der Waals surface area contributed by atoms with Crippen LogP contribution < -0.4 is 14.8 Å². The van der Waals surface area contributed by atoms with Gasteiger partial charge in [0, 0.05) is 29.7 Å². The van der Waals surface area contributed by atoms with E-state index in [1.54, 1.807) is 0 Å². The maximum atomic E-state index is 13.3. The maximum Gasteiger partial charge on any atom is 0.240 e. The van der Waals surface area contributed by atoms with Crippen molar-refractivity contribution >= 4 is 16.8 Å². The van der Waals surface area contributed by atoms with E-state index >= 15 is 0 Å². The van der Waals surface area contributed by atoms with Crippen molar-refractivity contribution in [1.29, 1.82) is 0 Å².